The lowest BCUT2D eigenvalue weighted by atomic mass is 9.99. The fourth-order valence-electron chi connectivity index (χ4n) is 2.22. The number of piperidine rings is 1. The van der Waals surface area contributed by atoms with E-state index in [0.29, 0.717) is 11.8 Å². The van der Waals surface area contributed by atoms with E-state index < -0.39 is 0 Å². The first-order valence-electron chi connectivity index (χ1n) is 6.60. The van der Waals surface area contributed by atoms with Crippen molar-refractivity contribution in [3.63, 3.8) is 0 Å². The molecule has 2 aromatic rings. The smallest absolute Gasteiger partial charge is 0.232 e. The Morgan fingerprint density at radius 3 is 3.00 bits per heavy atom. The molecule has 0 aromatic carbocycles. The lowest BCUT2D eigenvalue weighted by Gasteiger charge is -2.22. The minimum atomic E-state index is 0.627. The summed E-state index contributed by atoms with van der Waals surface area (Å²) in [6, 6.07) is 2.05. The Bertz CT molecular complexity index is 509. The highest BCUT2D eigenvalue weighted by Gasteiger charge is 2.14. The minimum Gasteiger partial charge on any atom is -0.476 e. The number of hydrogen-bond acceptors (Lipinski definition) is 5. The second-order valence-electron chi connectivity index (χ2n) is 4.76. The van der Waals surface area contributed by atoms with Crippen molar-refractivity contribution in [1.29, 1.82) is 0 Å². The standard InChI is InChI=1S/C14H17N3OS/c1-4-15-5-2-11(1)9-18-14-8-16-7-13(17-14)12-3-6-19-10-12/h3,6-8,10-11,15H,1-2,4-5,9H2. The Balaban J connectivity index is 1.63. The molecule has 1 aliphatic rings. The molecule has 100 valence electrons. The van der Waals surface area contributed by atoms with E-state index in [1.54, 1.807) is 23.7 Å². The zero-order valence-electron chi connectivity index (χ0n) is 10.7. The van der Waals surface area contributed by atoms with Crippen LogP contribution in [-0.4, -0.2) is 29.7 Å². The molecule has 0 saturated carbocycles. The average molecular weight is 275 g/mol. The molecule has 19 heavy (non-hydrogen) atoms. The van der Waals surface area contributed by atoms with Gasteiger partial charge in [0.15, 0.2) is 0 Å². The summed E-state index contributed by atoms with van der Waals surface area (Å²) in [6.07, 6.45) is 5.83. The monoisotopic (exact) mass is 275 g/mol. The van der Waals surface area contributed by atoms with Gasteiger partial charge < -0.3 is 10.1 Å². The lowest BCUT2D eigenvalue weighted by molar-refractivity contribution is 0.208. The highest BCUT2D eigenvalue weighted by atomic mass is 32.1. The Morgan fingerprint density at radius 2 is 2.21 bits per heavy atom. The third-order valence-electron chi connectivity index (χ3n) is 3.36. The molecule has 0 radical (unpaired) electrons. The number of aromatic nitrogens is 2. The maximum atomic E-state index is 5.79. The van der Waals surface area contributed by atoms with Crippen LogP contribution in [0.1, 0.15) is 12.8 Å². The molecule has 3 heterocycles. The predicted octanol–water partition coefficient (Wildman–Crippen LogP) is 2.58. The second kappa shape index (κ2) is 6.12. The van der Waals surface area contributed by atoms with Gasteiger partial charge in [0.1, 0.15) is 0 Å². The van der Waals surface area contributed by atoms with Crippen LogP contribution in [0.15, 0.2) is 29.2 Å². The normalized spacial score (nSPS) is 16.4. The molecule has 0 amide bonds. The number of ether oxygens (including phenoxy) is 1. The van der Waals surface area contributed by atoms with Crippen LogP contribution in [0, 0.1) is 5.92 Å². The third kappa shape index (κ3) is 3.30. The number of rotatable bonds is 4. The zero-order valence-corrected chi connectivity index (χ0v) is 11.5. The van der Waals surface area contributed by atoms with Crippen molar-refractivity contribution in [2.45, 2.75) is 12.8 Å². The molecule has 4 nitrogen and oxygen atoms in total. The van der Waals surface area contributed by atoms with Crippen LogP contribution in [0.5, 0.6) is 5.88 Å². The van der Waals surface area contributed by atoms with Crippen molar-refractivity contribution in [2.75, 3.05) is 19.7 Å². The fraction of sp³-hybridized carbons (Fsp3) is 0.429. The van der Waals surface area contributed by atoms with Gasteiger partial charge in [0, 0.05) is 10.9 Å². The molecule has 0 bridgehead atoms. The van der Waals surface area contributed by atoms with Gasteiger partial charge in [-0.2, -0.15) is 11.3 Å². The molecule has 1 N–H and O–H groups in total. The van der Waals surface area contributed by atoms with Gasteiger partial charge in [0.05, 0.1) is 24.7 Å². The van der Waals surface area contributed by atoms with Crippen molar-refractivity contribution < 1.29 is 4.74 Å². The first-order chi connectivity index (χ1) is 9.42. The van der Waals surface area contributed by atoms with Gasteiger partial charge in [-0.15, -0.1) is 0 Å². The first kappa shape index (κ1) is 12.6. The number of nitrogens with one attached hydrogen (secondary N) is 1. The van der Waals surface area contributed by atoms with Gasteiger partial charge >= 0.3 is 0 Å². The molecule has 3 rings (SSSR count). The summed E-state index contributed by atoms with van der Waals surface area (Å²) < 4.78 is 5.79. The maximum absolute atomic E-state index is 5.79. The lowest BCUT2D eigenvalue weighted by Crippen LogP contribution is -2.30. The van der Waals surface area contributed by atoms with Crippen molar-refractivity contribution >= 4 is 11.3 Å². The summed E-state index contributed by atoms with van der Waals surface area (Å²) in [5, 5.41) is 7.47. The number of nitrogens with zero attached hydrogens (tertiary/aromatic N) is 2. The van der Waals surface area contributed by atoms with Crippen LogP contribution >= 0.6 is 11.3 Å². The van der Waals surface area contributed by atoms with Crippen LogP contribution in [0.25, 0.3) is 11.3 Å². The summed E-state index contributed by atoms with van der Waals surface area (Å²) in [6.45, 7) is 2.92. The van der Waals surface area contributed by atoms with Gasteiger partial charge in [-0.3, -0.25) is 4.98 Å². The minimum absolute atomic E-state index is 0.627. The first-order valence-corrected chi connectivity index (χ1v) is 7.54. The molecule has 1 fully saturated rings. The SMILES string of the molecule is c1cc(-c2cncc(OCC3CCNCC3)n2)cs1. The molecule has 0 aliphatic carbocycles. The summed E-state index contributed by atoms with van der Waals surface area (Å²) >= 11 is 1.66. The van der Waals surface area contributed by atoms with E-state index in [4.69, 9.17) is 4.74 Å². The van der Waals surface area contributed by atoms with Crippen LogP contribution < -0.4 is 10.1 Å². The number of thiophene rings is 1. The van der Waals surface area contributed by atoms with E-state index in [1.165, 1.54) is 12.8 Å². The molecule has 1 aliphatic heterocycles. The van der Waals surface area contributed by atoms with Gasteiger partial charge in [-0.25, -0.2) is 4.98 Å². The van der Waals surface area contributed by atoms with E-state index in [1.807, 2.05) is 11.4 Å². The molecule has 0 unspecified atom stereocenters. The summed E-state index contributed by atoms with van der Waals surface area (Å²) in [5.74, 6) is 1.26. The highest BCUT2D eigenvalue weighted by Crippen LogP contribution is 2.21. The summed E-state index contributed by atoms with van der Waals surface area (Å²) in [7, 11) is 0. The van der Waals surface area contributed by atoms with E-state index >= 15 is 0 Å². The van der Waals surface area contributed by atoms with Crippen molar-refractivity contribution in [2.24, 2.45) is 5.92 Å². The second-order valence-corrected chi connectivity index (χ2v) is 5.54. The van der Waals surface area contributed by atoms with Crippen molar-refractivity contribution in [3.8, 4) is 17.1 Å². The quantitative estimate of drug-likeness (QED) is 0.931. The largest absolute Gasteiger partial charge is 0.476 e. The van der Waals surface area contributed by atoms with Gasteiger partial charge in [0.25, 0.3) is 0 Å². The zero-order chi connectivity index (χ0) is 12.9. The van der Waals surface area contributed by atoms with Gasteiger partial charge in [-0.1, -0.05) is 0 Å². The van der Waals surface area contributed by atoms with E-state index in [0.717, 1.165) is 31.0 Å². The summed E-state index contributed by atoms with van der Waals surface area (Å²) in [5.41, 5.74) is 1.98. The van der Waals surface area contributed by atoms with Crippen molar-refractivity contribution in [1.82, 2.24) is 15.3 Å². The Hall–Kier alpha value is -1.46. The molecule has 5 heteroatoms. The van der Waals surface area contributed by atoms with E-state index in [-0.39, 0.29) is 0 Å². The Kier molecular flexibility index (Phi) is 4.05. The van der Waals surface area contributed by atoms with Gasteiger partial charge in [-0.05, 0) is 43.3 Å². The van der Waals surface area contributed by atoms with Crippen LogP contribution in [0.3, 0.4) is 0 Å². The number of hydrogen-bond donors (Lipinski definition) is 1. The molecule has 2 aromatic heterocycles. The Morgan fingerprint density at radius 1 is 1.32 bits per heavy atom. The van der Waals surface area contributed by atoms with E-state index in [9.17, 15) is 0 Å². The maximum Gasteiger partial charge on any atom is 0.232 e. The third-order valence-corrected chi connectivity index (χ3v) is 4.04. The summed E-state index contributed by atoms with van der Waals surface area (Å²) in [4.78, 5) is 8.72. The Labute approximate surface area is 116 Å². The average Bonchev–Trinajstić information content (AvgIpc) is 3.01. The molecule has 1 saturated heterocycles. The molecule has 0 spiro atoms. The van der Waals surface area contributed by atoms with Crippen LogP contribution in [-0.2, 0) is 0 Å². The van der Waals surface area contributed by atoms with Gasteiger partial charge in [0.2, 0.25) is 5.88 Å². The van der Waals surface area contributed by atoms with Crippen LogP contribution in [0.2, 0.25) is 0 Å². The van der Waals surface area contributed by atoms with Crippen molar-refractivity contribution in [3.05, 3.63) is 29.2 Å². The van der Waals surface area contributed by atoms with E-state index in [2.05, 4.69) is 20.7 Å². The fourth-order valence-corrected chi connectivity index (χ4v) is 2.87. The molecular weight excluding hydrogens is 258 g/mol. The highest BCUT2D eigenvalue weighted by molar-refractivity contribution is 7.08. The molecule has 0 atom stereocenters. The predicted molar refractivity (Wildman–Crippen MR) is 76.4 cm³/mol. The topological polar surface area (TPSA) is 47.0 Å². The molecular formula is C14H17N3OS. The van der Waals surface area contributed by atoms with Crippen LogP contribution in [0.4, 0.5) is 0 Å².